The molecule has 0 bridgehead atoms. The molecular weight excluding hydrogens is 373 g/mol. The lowest BCUT2D eigenvalue weighted by Crippen LogP contribution is -2.29. The number of ether oxygens (including phenoxy) is 1. The molecule has 0 unspecified atom stereocenters. The van der Waals surface area contributed by atoms with Crippen LogP contribution in [0.1, 0.15) is 13.8 Å². The molecule has 0 aliphatic rings. The van der Waals surface area contributed by atoms with E-state index in [0.717, 1.165) is 0 Å². The molecule has 1 atom stereocenters. The first-order chi connectivity index (χ1) is 13.4. The standard InChI is InChI=1S/C22H20NO4P/c1-16(24)23-19-12-6-8-14-21(19)28(26,18-10-4-3-5-11-18)22-15-9-7-13-20(22)27-17(2)25/h3-15H,1-2H3,(H,23,24)/t28-/m1/s1. The van der Waals surface area contributed by atoms with E-state index in [1.54, 1.807) is 72.8 Å². The smallest absolute Gasteiger partial charge is 0.308 e. The van der Waals surface area contributed by atoms with Gasteiger partial charge in [-0.2, -0.15) is 0 Å². The van der Waals surface area contributed by atoms with E-state index in [-0.39, 0.29) is 11.7 Å². The maximum atomic E-state index is 14.7. The molecule has 28 heavy (non-hydrogen) atoms. The van der Waals surface area contributed by atoms with E-state index < -0.39 is 13.1 Å². The fourth-order valence-corrected chi connectivity index (χ4v) is 5.95. The Morgan fingerprint density at radius 3 is 2.00 bits per heavy atom. The highest BCUT2D eigenvalue weighted by atomic mass is 31.2. The molecule has 0 heterocycles. The van der Waals surface area contributed by atoms with Crippen molar-refractivity contribution >= 4 is 40.6 Å². The Morgan fingerprint density at radius 2 is 1.36 bits per heavy atom. The molecule has 0 fully saturated rings. The highest BCUT2D eigenvalue weighted by Crippen LogP contribution is 2.47. The van der Waals surface area contributed by atoms with Gasteiger partial charge in [0, 0.05) is 24.5 Å². The Labute approximate surface area is 163 Å². The molecular formula is C22H20NO4P. The Balaban J connectivity index is 2.34. The number of amides is 1. The molecule has 0 spiro atoms. The van der Waals surface area contributed by atoms with Gasteiger partial charge >= 0.3 is 5.97 Å². The second kappa shape index (κ2) is 8.24. The van der Waals surface area contributed by atoms with Crippen molar-refractivity contribution in [2.45, 2.75) is 13.8 Å². The van der Waals surface area contributed by atoms with Gasteiger partial charge in [-0.25, -0.2) is 0 Å². The van der Waals surface area contributed by atoms with E-state index in [4.69, 9.17) is 4.74 Å². The minimum atomic E-state index is -3.46. The molecule has 0 radical (unpaired) electrons. The minimum Gasteiger partial charge on any atom is -0.426 e. The first-order valence-corrected chi connectivity index (χ1v) is 10.4. The van der Waals surface area contributed by atoms with Crippen LogP contribution in [-0.4, -0.2) is 11.9 Å². The average Bonchev–Trinajstić information content (AvgIpc) is 2.68. The van der Waals surface area contributed by atoms with Crippen molar-refractivity contribution in [3.8, 4) is 5.75 Å². The van der Waals surface area contributed by atoms with Gasteiger partial charge in [-0.15, -0.1) is 0 Å². The minimum absolute atomic E-state index is 0.236. The van der Waals surface area contributed by atoms with Crippen LogP contribution in [0.4, 0.5) is 5.69 Å². The third-order valence-electron chi connectivity index (χ3n) is 4.13. The zero-order valence-electron chi connectivity index (χ0n) is 15.6. The number of anilines is 1. The number of hydrogen-bond acceptors (Lipinski definition) is 4. The summed E-state index contributed by atoms with van der Waals surface area (Å²) < 4.78 is 20.0. The summed E-state index contributed by atoms with van der Waals surface area (Å²) in [5, 5.41) is 4.20. The number of para-hydroxylation sites is 2. The van der Waals surface area contributed by atoms with Gasteiger partial charge in [-0.1, -0.05) is 54.6 Å². The number of carbonyl (C=O) groups is 2. The fourth-order valence-electron chi connectivity index (χ4n) is 3.05. The summed E-state index contributed by atoms with van der Waals surface area (Å²) >= 11 is 0. The molecule has 0 aliphatic heterocycles. The van der Waals surface area contributed by atoms with E-state index in [2.05, 4.69) is 5.32 Å². The maximum Gasteiger partial charge on any atom is 0.308 e. The molecule has 0 aromatic heterocycles. The fraction of sp³-hybridized carbons (Fsp3) is 0.0909. The Kier molecular flexibility index (Phi) is 5.76. The Bertz CT molecular complexity index is 999. The van der Waals surface area contributed by atoms with Gasteiger partial charge in [0.2, 0.25) is 5.91 Å². The zero-order valence-corrected chi connectivity index (χ0v) is 16.5. The predicted molar refractivity (Wildman–Crippen MR) is 111 cm³/mol. The quantitative estimate of drug-likeness (QED) is 0.411. The van der Waals surface area contributed by atoms with E-state index in [9.17, 15) is 14.2 Å². The van der Waals surface area contributed by atoms with Gasteiger partial charge in [0.15, 0.2) is 7.14 Å². The van der Waals surface area contributed by atoms with Crippen molar-refractivity contribution in [2.24, 2.45) is 0 Å². The van der Waals surface area contributed by atoms with Gasteiger partial charge < -0.3 is 14.6 Å². The van der Waals surface area contributed by atoms with Crippen molar-refractivity contribution in [1.29, 1.82) is 0 Å². The van der Waals surface area contributed by atoms with E-state index in [0.29, 0.717) is 21.6 Å². The molecule has 142 valence electrons. The molecule has 3 aromatic rings. The summed E-state index contributed by atoms with van der Waals surface area (Å²) in [5.41, 5.74) is 0.458. The highest BCUT2D eigenvalue weighted by Gasteiger charge is 2.35. The molecule has 6 heteroatoms. The van der Waals surface area contributed by atoms with Crippen molar-refractivity contribution in [2.75, 3.05) is 5.32 Å². The highest BCUT2D eigenvalue weighted by molar-refractivity contribution is 7.85. The summed E-state index contributed by atoms with van der Waals surface area (Å²) in [6.45, 7) is 2.70. The molecule has 1 amide bonds. The number of benzene rings is 3. The van der Waals surface area contributed by atoms with Gasteiger partial charge in [-0.05, 0) is 24.3 Å². The van der Waals surface area contributed by atoms with Crippen molar-refractivity contribution in [3.05, 3.63) is 78.9 Å². The molecule has 0 saturated carbocycles. The first-order valence-electron chi connectivity index (χ1n) is 8.74. The van der Waals surface area contributed by atoms with Crippen LogP contribution < -0.4 is 26.0 Å². The van der Waals surface area contributed by atoms with Crippen molar-refractivity contribution in [3.63, 3.8) is 0 Å². The molecule has 3 rings (SSSR count). The third kappa shape index (κ3) is 3.90. The van der Waals surface area contributed by atoms with Crippen LogP contribution in [-0.2, 0) is 14.2 Å². The van der Waals surface area contributed by atoms with Crippen molar-refractivity contribution < 1.29 is 18.9 Å². The van der Waals surface area contributed by atoms with E-state index in [1.165, 1.54) is 13.8 Å². The lowest BCUT2D eigenvalue weighted by atomic mass is 10.3. The number of rotatable bonds is 5. The average molecular weight is 393 g/mol. The molecule has 3 aromatic carbocycles. The largest absolute Gasteiger partial charge is 0.426 e. The van der Waals surface area contributed by atoms with Crippen LogP contribution in [0.3, 0.4) is 0 Å². The second-order valence-corrected chi connectivity index (χ2v) is 8.90. The summed E-state index contributed by atoms with van der Waals surface area (Å²) in [6.07, 6.45) is 0. The topological polar surface area (TPSA) is 72.5 Å². The SMILES string of the molecule is CC(=O)Nc1ccccc1[P@](=O)(c1ccccc1)c1ccccc1OC(C)=O. The normalized spacial score (nSPS) is 12.6. The van der Waals surface area contributed by atoms with Crippen LogP contribution in [0.5, 0.6) is 5.75 Å². The van der Waals surface area contributed by atoms with Crippen LogP contribution in [0.2, 0.25) is 0 Å². The summed E-state index contributed by atoms with van der Waals surface area (Å²) in [4.78, 5) is 23.3. The molecule has 5 nitrogen and oxygen atoms in total. The molecule has 0 aliphatic carbocycles. The summed E-state index contributed by atoms with van der Waals surface area (Å²) in [7, 11) is -3.46. The number of carbonyl (C=O) groups excluding carboxylic acids is 2. The first kappa shape index (κ1) is 19.6. The van der Waals surface area contributed by atoms with Crippen LogP contribution in [0.25, 0.3) is 0 Å². The zero-order chi connectivity index (χ0) is 20.1. The molecule has 0 saturated heterocycles. The van der Waals surface area contributed by atoms with Gasteiger partial charge in [0.05, 0.1) is 11.0 Å². The summed E-state index contributed by atoms with van der Waals surface area (Å²) in [6, 6.07) is 22.7. The maximum absolute atomic E-state index is 14.7. The third-order valence-corrected chi connectivity index (χ3v) is 7.27. The number of hydrogen-bond donors (Lipinski definition) is 1. The molecule has 1 N–H and O–H groups in total. The van der Waals surface area contributed by atoms with E-state index >= 15 is 0 Å². The lowest BCUT2D eigenvalue weighted by molar-refractivity contribution is -0.131. The van der Waals surface area contributed by atoms with E-state index in [1.807, 2.05) is 6.07 Å². The number of esters is 1. The van der Waals surface area contributed by atoms with Crippen molar-refractivity contribution in [1.82, 2.24) is 0 Å². The van der Waals surface area contributed by atoms with Gasteiger partial charge in [0.1, 0.15) is 5.75 Å². The van der Waals surface area contributed by atoms with Crippen LogP contribution in [0, 0.1) is 0 Å². The van der Waals surface area contributed by atoms with Gasteiger partial charge in [0.25, 0.3) is 0 Å². The van der Waals surface area contributed by atoms with Crippen LogP contribution in [0.15, 0.2) is 78.9 Å². The summed E-state index contributed by atoms with van der Waals surface area (Å²) in [5.74, 6) is -0.526. The van der Waals surface area contributed by atoms with Gasteiger partial charge in [-0.3, -0.25) is 9.59 Å². The predicted octanol–water partition coefficient (Wildman–Crippen LogP) is 3.21. The Morgan fingerprint density at radius 1 is 0.786 bits per heavy atom. The second-order valence-electron chi connectivity index (χ2n) is 6.20. The Hall–Kier alpha value is -3.17. The van der Waals surface area contributed by atoms with Crippen LogP contribution >= 0.6 is 7.14 Å². The lowest BCUT2D eigenvalue weighted by Gasteiger charge is -2.24. The monoisotopic (exact) mass is 393 g/mol. The number of nitrogens with one attached hydrogen (secondary N) is 1.